The molecule has 3 aliphatic rings. The van der Waals surface area contributed by atoms with Gasteiger partial charge in [-0.05, 0) is 81.7 Å². The molecular formula is C31H59N4. The van der Waals surface area contributed by atoms with Gasteiger partial charge in [0.15, 0.2) is 0 Å². The predicted octanol–water partition coefficient (Wildman–Crippen LogP) is 6.30. The summed E-state index contributed by atoms with van der Waals surface area (Å²) in [6, 6.07) is 1.10. The number of nitrogens with two attached hydrogens (primary N) is 2. The van der Waals surface area contributed by atoms with Crippen LogP contribution >= 0.6 is 0 Å². The number of allylic oxidation sites excluding steroid dienone is 6. The van der Waals surface area contributed by atoms with E-state index in [4.69, 9.17) is 11.5 Å². The molecule has 0 amide bonds. The molecule has 2 fully saturated rings. The number of rotatable bonds is 11. The second-order valence-corrected chi connectivity index (χ2v) is 10.1. The molecule has 4 nitrogen and oxygen atoms in total. The van der Waals surface area contributed by atoms with E-state index in [1.165, 1.54) is 57.8 Å². The topological polar surface area (TPSA) is 76.1 Å². The van der Waals surface area contributed by atoms with E-state index in [9.17, 15) is 0 Å². The fourth-order valence-corrected chi connectivity index (χ4v) is 6.19. The Kier molecular flexibility index (Phi) is 18.5. The first kappa shape index (κ1) is 32.1. The van der Waals surface area contributed by atoms with Crippen molar-refractivity contribution in [3.63, 3.8) is 0 Å². The number of nitrogens with one attached hydrogen (secondary N) is 2. The van der Waals surface area contributed by atoms with Gasteiger partial charge < -0.3 is 22.1 Å². The third-order valence-corrected chi connectivity index (χ3v) is 7.84. The van der Waals surface area contributed by atoms with E-state index in [0.717, 1.165) is 44.9 Å². The Balaban J connectivity index is 0.00000145. The van der Waals surface area contributed by atoms with Crippen LogP contribution in [0.2, 0.25) is 0 Å². The van der Waals surface area contributed by atoms with Crippen molar-refractivity contribution in [1.82, 2.24) is 10.6 Å². The Morgan fingerprint density at radius 2 is 1.26 bits per heavy atom. The van der Waals surface area contributed by atoms with E-state index in [1.54, 1.807) is 0 Å². The van der Waals surface area contributed by atoms with E-state index in [1.807, 2.05) is 27.7 Å². The fourth-order valence-electron chi connectivity index (χ4n) is 6.19. The smallest absolute Gasteiger partial charge is 0.0108 e. The molecule has 203 valence electrons. The van der Waals surface area contributed by atoms with Crippen LogP contribution in [0.3, 0.4) is 0 Å². The average Bonchev–Trinajstić information content (AvgIpc) is 2.91. The van der Waals surface area contributed by atoms with Gasteiger partial charge in [0.05, 0.1) is 0 Å². The summed E-state index contributed by atoms with van der Waals surface area (Å²) >= 11 is 0. The summed E-state index contributed by atoms with van der Waals surface area (Å²) in [6.07, 6.45) is 30.0. The molecule has 0 heterocycles. The summed E-state index contributed by atoms with van der Waals surface area (Å²) in [5, 5.41) is 7.75. The van der Waals surface area contributed by atoms with Crippen molar-refractivity contribution >= 4 is 0 Å². The van der Waals surface area contributed by atoms with Crippen LogP contribution in [0.25, 0.3) is 0 Å². The minimum absolute atomic E-state index is 0.212. The molecule has 1 spiro atoms. The van der Waals surface area contributed by atoms with Crippen LogP contribution in [0, 0.1) is 23.7 Å². The van der Waals surface area contributed by atoms with Gasteiger partial charge in [0.2, 0.25) is 0 Å². The molecule has 35 heavy (non-hydrogen) atoms. The van der Waals surface area contributed by atoms with Gasteiger partial charge in [0.25, 0.3) is 0 Å². The Morgan fingerprint density at radius 3 is 1.89 bits per heavy atom. The van der Waals surface area contributed by atoms with Crippen LogP contribution in [0.4, 0.5) is 0 Å². The molecular weight excluding hydrogens is 428 g/mol. The molecule has 3 rings (SSSR count). The van der Waals surface area contributed by atoms with Crippen LogP contribution in [0.15, 0.2) is 36.5 Å². The summed E-state index contributed by atoms with van der Waals surface area (Å²) in [7, 11) is 0. The lowest BCUT2D eigenvalue weighted by molar-refractivity contribution is 0.178. The Labute approximate surface area is 218 Å². The van der Waals surface area contributed by atoms with Gasteiger partial charge in [-0.3, -0.25) is 0 Å². The summed E-state index contributed by atoms with van der Waals surface area (Å²) in [5.41, 5.74) is 12.2. The lowest BCUT2D eigenvalue weighted by atomic mass is 9.65. The number of hydrogen-bond donors (Lipinski definition) is 4. The van der Waals surface area contributed by atoms with E-state index in [0.29, 0.717) is 18.0 Å². The van der Waals surface area contributed by atoms with Crippen LogP contribution in [0.5, 0.6) is 0 Å². The van der Waals surface area contributed by atoms with Crippen LogP contribution < -0.4 is 22.1 Å². The third-order valence-electron chi connectivity index (χ3n) is 7.84. The molecule has 6 N–H and O–H groups in total. The van der Waals surface area contributed by atoms with Gasteiger partial charge in [-0.2, -0.15) is 0 Å². The normalized spacial score (nSPS) is 28.8. The van der Waals surface area contributed by atoms with Crippen LogP contribution in [-0.2, 0) is 0 Å². The second-order valence-electron chi connectivity index (χ2n) is 10.1. The van der Waals surface area contributed by atoms with E-state index in [2.05, 4.69) is 53.5 Å². The summed E-state index contributed by atoms with van der Waals surface area (Å²) < 4.78 is 0. The molecule has 0 saturated heterocycles. The SMILES string of the molecule is CC.CC.NCCC(NCCNC(CCN)C1CCCC2([CH]\C=C/C=C\C=C/2)C1)C1CCCCC1. The van der Waals surface area contributed by atoms with E-state index < -0.39 is 0 Å². The first-order valence-electron chi connectivity index (χ1n) is 15.0. The van der Waals surface area contributed by atoms with E-state index >= 15 is 0 Å². The fraction of sp³-hybridized carbons (Fsp3) is 0.774. The maximum absolute atomic E-state index is 6.03. The summed E-state index contributed by atoms with van der Waals surface area (Å²) in [4.78, 5) is 0. The highest BCUT2D eigenvalue weighted by Gasteiger charge is 2.36. The Morgan fingerprint density at radius 1 is 0.714 bits per heavy atom. The first-order valence-corrected chi connectivity index (χ1v) is 15.0. The van der Waals surface area contributed by atoms with Crippen molar-refractivity contribution in [3.05, 3.63) is 42.9 Å². The van der Waals surface area contributed by atoms with Gasteiger partial charge in [-0.15, -0.1) is 0 Å². The van der Waals surface area contributed by atoms with Crippen molar-refractivity contribution in [2.24, 2.45) is 28.7 Å². The zero-order chi connectivity index (χ0) is 25.8. The van der Waals surface area contributed by atoms with Gasteiger partial charge in [0.1, 0.15) is 0 Å². The molecule has 0 aliphatic heterocycles. The van der Waals surface area contributed by atoms with Gasteiger partial charge in [0, 0.05) is 25.2 Å². The van der Waals surface area contributed by atoms with Crippen molar-refractivity contribution < 1.29 is 0 Å². The lowest BCUT2D eigenvalue weighted by Crippen LogP contribution is -2.46. The van der Waals surface area contributed by atoms with Crippen molar-refractivity contribution in [1.29, 1.82) is 0 Å². The zero-order valence-electron chi connectivity index (χ0n) is 23.6. The molecule has 0 bridgehead atoms. The van der Waals surface area contributed by atoms with E-state index in [-0.39, 0.29) is 5.41 Å². The molecule has 2 saturated carbocycles. The number of hydrogen-bond acceptors (Lipinski definition) is 4. The molecule has 0 aromatic rings. The van der Waals surface area contributed by atoms with Gasteiger partial charge in [-0.25, -0.2) is 0 Å². The van der Waals surface area contributed by atoms with Gasteiger partial charge >= 0.3 is 0 Å². The monoisotopic (exact) mass is 487 g/mol. The average molecular weight is 488 g/mol. The molecule has 1 radical (unpaired) electrons. The van der Waals surface area contributed by atoms with Crippen molar-refractivity contribution in [2.75, 3.05) is 26.2 Å². The van der Waals surface area contributed by atoms with Crippen molar-refractivity contribution in [2.45, 2.75) is 110 Å². The summed E-state index contributed by atoms with van der Waals surface area (Å²) in [6.45, 7) is 11.6. The predicted molar refractivity (Wildman–Crippen MR) is 156 cm³/mol. The largest absolute Gasteiger partial charge is 0.330 e. The molecule has 3 aliphatic carbocycles. The first-order chi connectivity index (χ1) is 17.3. The highest BCUT2D eigenvalue weighted by Crippen LogP contribution is 2.45. The minimum Gasteiger partial charge on any atom is -0.330 e. The van der Waals surface area contributed by atoms with Crippen LogP contribution in [0.1, 0.15) is 98.3 Å². The Hall–Kier alpha value is -0.940. The molecule has 0 aromatic heterocycles. The zero-order valence-corrected chi connectivity index (χ0v) is 23.6. The quantitative estimate of drug-likeness (QED) is 0.258. The maximum Gasteiger partial charge on any atom is 0.0108 e. The molecule has 0 aromatic carbocycles. The highest BCUT2D eigenvalue weighted by atomic mass is 15.0. The van der Waals surface area contributed by atoms with Crippen molar-refractivity contribution in [3.8, 4) is 0 Å². The van der Waals surface area contributed by atoms with Gasteiger partial charge in [-0.1, -0.05) is 89.8 Å². The van der Waals surface area contributed by atoms with Crippen LogP contribution in [-0.4, -0.2) is 38.3 Å². The lowest BCUT2D eigenvalue weighted by Gasteiger charge is -2.42. The highest BCUT2D eigenvalue weighted by molar-refractivity contribution is 5.25. The third kappa shape index (κ3) is 11.8. The molecule has 4 heteroatoms. The summed E-state index contributed by atoms with van der Waals surface area (Å²) in [5.74, 6) is 1.51. The Bertz CT molecular complexity index is 579. The standard InChI is InChI=1S/C27H47N4.2C2H6/c28-18-13-25(23-10-5-4-6-11-23)30-20-21-31-26(14-19-29)24-12-9-17-27(22-24)15-7-2-1-3-8-16-27;2*1-2/h1-3,7-8,15-16,23-26,30-31H,4-6,9-14,17-22,28-29H2;2*1-2H3/b2-1-,8-3-,15-7-;;. The minimum atomic E-state index is 0.212. The second kappa shape index (κ2) is 20.2. The maximum atomic E-state index is 6.03. The molecule has 4 atom stereocenters. The molecule has 4 unspecified atom stereocenters.